The van der Waals surface area contributed by atoms with Gasteiger partial charge in [-0.25, -0.2) is 4.98 Å². The summed E-state index contributed by atoms with van der Waals surface area (Å²) in [6.07, 6.45) is 1.88. The van der Waals surface area contributed by atoms with Crippen LogP contribution >= 0.6 is 11.8 Å². The first-order valence-corrected chi connectivity index (χ1v) is 7.30. The summed E-state index contributed by atoms with van der Waals surface area (Å²) in [7, 11) is 1.97. The van der Waals surface area contributed by atoms with Crippen LogP contribution in [0.3, 0.4) is 0 Å². The van der Waals surface area contributed by atoms with Crippen molar-refractivity contribution in [1.82, 2.24) is 10.3 Å². The smallest absolute Gasteiger partial charge is 0.101 e. The van der Waals surface area contributed by atoms with Crippen molar-refractivity contribution in [3.05, 3.63) is 53.2 Å². The Labute approximate surface area is 119 Å². The minimum atomic E-state index is 0.349. The second kappa shape index (κ2) is 6.22. The highest BCUT2D eigenvalue weighted by Crippen LogP contribution is 2.30. The van der Waals surface area contributed by atoms with Crippen molar-refractivity contribution in [2.45, 2.75) is 36.7 Å². The van der Waals surface area contributed by atoms with E-state index in [1.165, 1.54) is 21.6 Å². The minimum absolute atomic E-state index is 0.349. The molecule has 100 valence electrons. The number of hydrogen-bond acceptors (Lipinski definition) is 3. The highest BCUT2D eigenvalue weighted by Gasteiger charge is 2.06. The number of benzene rings is 1. The van der Waals surface area contributed by atoms with Crippen LogP contribution < -0.4 is 5.32 Å². The van der Waals surface area contributed by atoms with E-state index < -0.39 is 0 Å². The molecule has 2 nitrogen and oxygen atoms in total. The summed E-state index contributed by atoms with van der Waals surface area (Å²) in [5, 5.41) is 4.30. The van der Waals surface area contributed by atoms with Crippen molar-refractivity contribution < 1.29 is 0 Å². The topological polar surface area (TPSA) is 24.9 Å². The standard InChI is InChI=1S/C16H20N2S/c1-11-5-6-15(12(2)9-11)19-16-10-14(7-8-18-16)13(3)17-4/h5-10,13,17H,1-4H3. The maximum absolute atomic E-state index is 4.45. The van der Waals surface area contributed by atoms with Crippen molar-refractivity contribution in [2.75, 3.05) is 7.05 Å². The Hall–Kier alpha value is -1.32. The number of aryl methyl sites for hydroxylation is 2. The van der Waals surface area contributed by atoms with Gasteiger partial charge < -0.3 is 5.32 Å². The average molecular weight is 272 g/mol. The van der Waals surface area contributed by atoms with E-state index in [4.69, 9.17) is 0 Å². The van der Waals surface area contributed by atoms with Gasteiger partial charge in [-0.2, -0.15) is 0 Å². The lowest BCUT2D eigenvalue weighted by Gasteiger charge is -2.12. The molecule has 0 aliphatic carbocycles. The number of aromatic nitrogens is 1. The third-order valence-electron chi connectivity index (χ3n) is 3.24. The van der Waals surface area contributed by atoms with Gasteiger partial charge in [-0.1, -0.05) is 29.5 Å². The monoisotopic (exact) mass is 272 g/mol. The molecule has 0 saturated carbocycles. The van der Waals surface area contributed by atoms with Crippen LogP contribution in [0.5, 0.6) is 0 Å². The third-order valence-corrected chi connectivity index (χ3v) is 4.35. The molecule has 2 rings (SSSR count). The van der Waals surface area contributed by atoms with Crippen LogP contribution in [0.4, 0.5) is 0 Å². The lowest BCUT2D eigenvalue weighted by Crippen LogP contribution is -2.12. The Morgan fingerprint density at radius 1 is 1.16 bits per heavy atom. The summed E-state index contributed by atoms with van der Waals surface area (Å²) in [5.74, 6) is 0. The van der Waals surface area contributed by atoms with Crippen molar-refractivity contribution in [3.8, 4) is 0 Å². The van der Waals surface area contributed by atoms with Crippen molar-refractivity contribution in [1.29, 1.82) is 0 Å². The molecule has 1 aromatic carbocycles. The third kappa shape index (κ3) is 3.58. The number of pyridine rings is 1. The quantitative estimate of drug-likeness (QED) is 0.906. The maximum Gasteiger partial charge on any atom is 0.101 e. The van der Waals surface area contributed by atoms with Gasteiger partial charge in [0, 0.05) is 17.1 Å². The van der Waals surface area contributed by atoms with E-state index in [9.17, 15) is 0 Å². The molecule has 0 saturated heterocycles. The summed E-state index contributed by atoms with van der Waals surface area (Å²) in [5.41, 5.74) is 3.87. The van der Waals surface area contributed by atoms with E-state index in [1.807, 2.05) is 13.2 Å². The van der Waals surface area contributed by atoms with E-state index in [0.29, 0.717) is 6.04 Å². The van der Waals surface area contributed by atoms with Gasteiger partial charge in [0.25, 0.3) is 0 Å². The van der Waals surface area contributed by atoms with E-state index in [-0.39, 0.29) is 0 Å². The van der Waals surface area contributed by atoms with Crippen LogP contribution in [0.25, 0.3) is 0 Å². The summed E-state index contributed by atoms with van der Waals surface area (Å²) in [6.45, 7) is 6.42. The largest absolute Gasteiger partial charge is 0.313 e. The molecular weight excluding hydrogens is 252 g/mol. The van der Waals surface area contributed by atoms with Crippen LogP contribution in [0.15, 0.2) is 46.5 Å². The predicted octanol–water partition coefficient (Wildman–Crippen LogP) is 4.13. The fourth-order valence-corrected chi connectivity index (χ4v) is 2.83. The molecule has 2 aromatic rings. The Morgan fingerprint density at radius 2 is 1.95 bits per heavy atom. The molecule has 19 heavy (non-hydrogen) atoms. The zero-order chi connectivity index (χ0) is 13.8. The van der Waals surface area contributed by atoms with Gasteiger partial charge in [-0.15, -0.1) is 0 Å². The maximum atomic E-state index is 4.45. The first kappa shape index (κ1) is 14.1. The number of nitrogens with zero attached hydrogens (tertiary/aromatic N) is 1. The van der Waals surface area contributed by atoms with Crippen LogP contribution in [0.2, 0.25) is 0 Å². The fourth-order valence-electron chi connectivity index (χ4n) is 1.94. The summed E-state index contributed by atoms with van der Waals surface area (Å²) < 4.78 is 0. The molecule has 3 heteroatoms. The van der Waals surface area contributed by atoms with Crippen LogP contribution in [-0.2, 0) is 0 Å². The summed E-state index contributed by atoms with van der Waals surface area (Å²) in [6, 6.07) is 11.1. The van der Waals surface area contributed by atoms with Gasteiger partial charge in [0.2, 0.25) is 0 Å². The van der Waals surface area contributed by atoms with Crippen LogP contribution in [0.1, 0.15) is 29.7 Å². The molecule has 0 fully saturated rings. The highest BCUT2D eigenvalue weighted by atomic mass is 32.2. The molecule has 0 aliphatic rings. The molecule has 1 unspecified atom stereocenters. The molecular formula is C16H20N2S. The van der Waals surface area contributed by atoms with Gasteiger partial charge in [-0.3, -0.25) is 0 Å². The summed E-state index contributed by atoms with van der Waals surface area (Å²) in [4.78, 5) is 5.72. The first-order valence-electron chi connectivity index (χ1n) is 6.48. The zero-order valence-electron chi connectivity index (χ0n) is 11.9. The van der Waals surface area contributed by atoms with E-state index in [0.717, 1.165) is 5.03 Å². The second-order valence-electron chi connectivity index (χ2n) is 4.81. The lowest BCUT2D eigenvalue weighted by atomic mass is 10.1. The van der Waals surface area contributed by atoms with Crippen LogP contribution in [-0.4, -0.2) is 12.0 Å². The first-order chi connectivity index (χ1) is 9.10. The number of hydrogen-bond donors (Lipinski definition) is 1. The predicted molar refractivity (Wildman–Crippen MR) is 81.8 cm³/mol. The molecule has 1 aromatic heterocycles. The Bertz CT molecular complexity index is 566. The molecule has 0 aliphatic heterocycles. The fraction of sp³-hybridized carbons (Fsp3) is 0.312. The SMILES string of the molecule is CNC(C)c1ccnc(Sc2ccc(C)cc2C)c1. The van der Waals surface area contributed by atoms with Gasteiger partial charge in [-0.05, 0) is 57.1 Å². The molecule has 0 spiro atoms. The molecule has 1 heterocycles. The Kier molecular flexibility index (Phi) is 4.61. The van der Waals surface area contributed by atoms with Gasteiger partial charge >= 0.3 is 0 Å². The molecule has 1 atom stereocenters. The second-order valence-corrected chi connectivity index (χ2v) is 5.87. The highest BCUT2D eigenvalue weighted by molar-refractivity contribution is 7.99. The van der Waals surface area contributed by atoms with E-state index >= 15 is 0 Å². The van der Waals surface area contributed by atoms with Gasteiger partial charge in [0.05, 0.1) is 0 Å². The van der Waals surface area contributed by atoms with Crippen LogP contribution in [0, 0.1) is 13.8 Å². The lowest BCUT2D eigenvalue weighted by molar-refractivity contribution is 0.649. The number of rotatable bonds is 4. The normalized spacial score (nSPS) is 12.4. The summed E-state index contributed by atoms with van der Waals surface area (Å²) >= 11 is 1.73. The van der Waals surface area contributed by atoms with Crippen molar-refractivity contribution >= 4 is 11.8 Å². The Balaban J connectivity index is 2.23. The zero-order valence-corrected chi connectivity index (χ0v) is 12.7. The van der Waals surface area contributed by atoms with E-state index in [2.05, 4.69) is 61.4 Å². The average Bonchev–Trinajstić information content (AvgIpc) is 2.41. The van der Waals surface area contributed by atoms with Gasteiger partial charge in [0.1, 0.15) is 5.03 Å². The van der Waals surface area contributed by atoms with E-state index in [1.54, 1.807) is 11.8 Å². The van der Waals surface area contributed by atoms with Gasteiger partial charge in [0.15, 0.2) is 0 Å². The molecule has 0 amide bonds. The molecule has 0 radical (unpaired) electrons. The molecule has 0 bridgehead atoms. The number of nitrogens with one attached hydrogen (secondary N) is 1. The Morgan fingerprint density at radius 3 is 2.63 bits per heavy atom. The minimum Gasteiger partial charge on any atom is -0.313 e. The molecule has 1 N–H and O–H groups in total. The van der Waals surface area contributed by atoms with Crippen molar-refractivity contribution in [3.63, 3.8) is 0 Å². The van der Waals surface area contributed by atoms with Crippen molar-refractivity contribution in [2.24, 2.45) is 0 Å².